The zero-order valence-corrected chi connectivity index (χ0v) is 16.1. The van der Waals surface area contributed by atoms with Gasteiger partial charge in [-0.2, -0.15) is 0 Å². The Hall–Kier alpha value is -4.20. The standard InChI is InChI=1S/C22H19N3O5/c1-30-17-5-6-18(25-22(28)29)19(12-17)24-21(27)13-20(26)16-4-2-3-15(11-16)14-7-9-23-10-8-14/h2-12,25H,13H2,1H3,(H,24,27)(H,28,29). The molecule has 2 amide bonds. The minimum Gasteiger partial charge on any atom is -0.497 e. The number of pyridine rings is 1. The van der Waals surface area contributed by atoms with Gasteiger partial charge in [0.15, 0.2) is 5.78 Å². The zero-order chi connectivity index (χ0) is 21.5. The van der Waals surface area contributed by atoms with Crippen molar-refractivity contribution in [3.63, 3.8) is 0 Å². The number of aromatic nitrogens is 1. The van der Waals surface area contributed by atoms with Gasteiger partial charge in [-0.25, -0.2) is 4.79 Å². The van der Waals surface area contributed by atoms with Gasteiger partial charge in [-0.3, -0.25) is 19.9 Å². The van der Waals surface area contributed by atoms with Crippen molar-refractivity contribution in [1.82, 2.24) is 4.98 Å². The number of carbonyl (C=O) groups excluding carboxylic acids is 2. The number of benzene rings is 2. The van der Waals surface area contributed by atoms with E-state index in [0.29, 0.717) is 11.3 Å². The maximum absolute atomic E-state index is 12.6. The van der Waals surface area contributed by atoms with Gasteiger partial charge < -0.3 is 15.2 Å². The summed E-state index contributed by atoms with van der Waals surface area (Å²) in [6, 6.07) is 15.1. The minimum atomic E-state index is -1.28. The van der Waals surface area contributed by atoms with Crippen LogP contribution in [0.4, 0.5) is 16.2 Å². The summed E-state index contributed by atoms with van der Waals surface area (Å²) >= 11 is 0. The Morgan fingerprint density at radius 3 is 2.40 bits per heavy atom. The second-order valence-electron chi connectivity index (χ2n) is 6.31. The van der Waals surface area contributed by atoms with Crippen molar-refractivity contribution in [1.29, 1.82) is 0 Å². The third-order valence-corrected chi connectivity index (χ3v) is 4.26. The van der Waals surface area contributed by atoms with Crippen molar-refractivity contribution in [2.45, 2.75) is 6.42 Å². The number of Topliss-reactive ketones (excluding diaryl/α,β-unsaturated/α-hetero) is 1. The molecule has 30 heavy (non-hydrogen) atoms. The van der Waals surface area contributed by atoms with Gasteiger partial charge in [0, 0.05) is 24.0 Å². The van der Waals surface area contributed by atoms with Gasteiger partial charge in [-0.1, -0.05) is 18.2 Å². The Kier molecular flexibility index (Phi) is 6.39. The predicted molar refractivity (Wildman–Crippen MR) is 112 cm³/mol. The summed E-state index contributed by atoms with van der Waals surface area (Å²) in [7, 11) is 1.45. The van der Waals surface area contributed by atoms with Gasteiger partial charge in [0.2, 0.25) is 5.91 Å². The molecule has 0 saturated carbocycles. The molecular weight excluding hydrogens is 386 g/mol. The number of anilines is 2. The monoisotopic (exact) mass is 405 g/mol. The fourth-order valence-corrected chi connectivity index (χ4v) is 2.84. The zero-order valence-electron chi connectivity index (χ0n) is 16.1. The first-order valence-corrected chi connectivity index (χ1v) is 8.98. The van der Waals surface area contributed by atoms with Crippen LogP contribution in [-0.4, -0.2) is 35.0 Å². The van der Waals surface area contributed by atoms with Crippen molar-refractivity contribution < 1.29 is 24.2 Å². The van der Waals surface area contributed by atoms with Gasteiger partial charge >= 0.3 is 6.09 Å². The summed E-state index contributed by atoms with van der Waals surface area (Å²) < 4.78 is 5.10. The number of nitrogens with one attached hydrogen (secondary N) is 2. The second-order valence-corrected chi connectivity index (χ2v) is 6.31. The molecule has 1 heterocycles. The summed E-state index contributed by atoms with van der Waals surface area (Å²) in [5, 5.41) is 13.7. The largest absolute Gasteiger partial charge is 0.497 e. The third kappa shape index (κ3) is 5.20. The summed E-state index contributed by atoms with van der Waals surface area (Å²) in [4.78, 5) is 40.0. The van der Waals surface area contributed by atoms with Crippen molar-refractivity contribution in [2.24, 2.45) is 0 Å². The van der Waals surface area contributed by atoms with E-state index in [4.69, 9.17) is 9.84 Å². The molecule has 0 atom stereocenters. The molecule has 2 aromatic carbocycles. The Balaban J connectivity index is 1.74. The van der Waals surface area contributed by atoms with E-state index in [-0.39, 0.29) is 17.2 Å². The lowest BCUT2D eigenvalue weighted by Crippen LogP contribution is -2.18. The molecule has 0 saturated heterocycles. The number of ether oxygens (including phenoxy) is 1. The highest BCUT2D eigenvalue weighted by atomic mass is 16.5. The molecule has 3 rings (SSSR count). The number of carboxylic acid groups (broad SMARTS) is 1. The molecule has 152 valence electrons. The van der Waals surface area contributed by atoms with Crippen LogP contribution in [0.5, 0.6) is 5.75 Å². The van der Waals surface area contributed by atoms with E-state index in [2.05, 4.69) is 15.6 Å². The molecule has 8 heteroatoms. The second kappa shape index (κ2) is 9.33. The van der Waals surface area contributed by atoms with Gasteiger partial charge in [0.25, 0.3) is 0 Å². The Morgan fingerprint density at radius 1 is 0.933 bits per heavy atom. The van der Waals surface area contributed by atoms with Crippen LogP contribution in [0, 0.1) is 0 Å². The van der Waals surface area contributed by atoms with Crippen LogP contribution in [0.3, 0.4) is 0 Å². The average Bonchev–Trinajstić information content (AvgIpc) is 2.75. The number of hydrogen-bond donors (Lipinski definition) is 3. The van der Waals surface area contributed by atoms with Gasteiger partial charge in [-0.05, 0) is 41.5 Å². The van der Waals surface area contributed by atoms with E-state index in [1.807, 2.05) is 18.2 Å². The number of amides is 2. The van der Waals surface area contributed by atoms with Crippen LogP contribution in [0.25, 0.3) is 11.1 Å². The molecule has 3 N–H and O–H groups in total. The fourth-order valence-electron chi connectivity index (χ4n) is 2.84. The molecule has 0 bridgehead atoms. The number of nitrogens with zero attached hydrogens (tertiary/aromatic N) is 1. The first kappa shape index (κ1) is 20.5. The van der Waals surface area contributed by atoms with Crippen LogP contribution in [0.15, 0.2) is 67.0 Å². The van der Waals surface area contributed by atoms with E-state index in [9.17, 15) is 14.4 Å². The molecule has 0 fully saturated rings. The molecule has 0 aliphatic rings. The van der Waals surface area contributed by atoms with Crippen LogP contribution in [0.1, 0.15) is 16.8 Å². The summed E-state index contributed by atoms with van der Waals surface area (Å²) in [6.45, 7) is 0. The number of methoxy groups -OCH3 is 1. The Bertz CT molecular complexity index is 1080. The molecule has 1 aromatic heterocycles. The number of rotatable bonds is 7. The van der Waals surface area contributed by atoms with E-state index in [0.717, 1.165) is 11.1 Å². The van der Waals surface area contributed by atoms with Crippen LogP contribution in [-0.2, 0) is 4.79 Å². The number of hydrogen-bond acceptors (Lipinski definition) is 5. The first-order valence-electron chi connectivity index (χ1n) is 8.98. The van der Waals surface area contributed by atoms with Crippen molar-refractivity contribution in [3.8, 4) is 16.9 Å². The van der Waals surface area contributed by atoms with Crippen LogP contribution in [0.2, 0.25) is 0 Å². The molecule has 3 aromatic rings. The molecule has 0 aliphatic carbocycles. The van der Waals surface area contributed by atoms with Crippen LogP contribution < -0.4 is 15.4 Å². The molecule has 0 aliphatic heterocycles. The highest BCUT2D eigenvalue weighted by Crippen LogP contribution is 2.27. The van der Waals surface area contributed by atoms with Crippen molar-refractivity contribution >= 4 is 29.2 Å². The quantitative estimate of drug-likeness (QED) is 0.403. The number of ketones is 1. The van der Waals surface area contributed by atoms with Gasteiger partial charge in [0.05, 0.1) is 24.9 Å². The fraction of sp³-hybridized carbons (Fsp3) is 0.0909. The van der Waals surface area contributed by atoms with E-state index in [1.165, 1.54) is 19.2 Å². The summed E-state index contributed by atoms with van der Waals surface area (Å²) in [6.07, 6.45) is 1.64. The summed E-state index contributed by atoms with van der Waals surface area (Å²) in [5.41, 5.74) is 2.51. The lowest BCUT2D eigenvalue weighted by atomic mass is 10.0. The third-order valence-electron chi connectivity index (χ3n) is 4.26. The highest BCUT2D eigenvalue weighted by Gasteiger charge is 2.15. The SMILES string of the molecule is COc1ccc(NC(=O)O)c(NC(=O)CC(=O)c2cccc(-c3ccncc3)c2)c1. The van der Waals surface area contributed by atoms with Crippen molar-refractivity contribution in [2.75, 3.05) is 17.7 Å². The van der Waals surface area contributed by atoms with E-state index < -0.39 is 18.4 Å². The lowest BCUT2D eigenvalue weighted by Gasteiger charge is -2.12. The predicted octanol–water partition coefficient (Wildman–Crippen LogP) is 4.06. The van der Waals surface area contributed by atoms with Gasteiger partial charge in [0.1, 0.15) is 5.75 Å². The summed E-state index contributed by atoms with van der Waals surface area (Å²) in [5.74, 6) is -0.507. The Morgan fingerprint density at radius 2 is 1.70 bits per heavy atom. The topological polar surface area (TPSA) is 118 Å². The van der Waals surface area contributed by atoms with E-state index in [1.54, 1.807) is 36.7 Å². The smallest absolute Gasteiger partial charge is 0.409 e. The molecule has 0 radical (unpaired) electrons. The van der Waals surface area contributed by atoms with Crippen molar-refractivity contribution in [3.05, 3.63) is 72.6 Å². The maximum Gasteiger partial charge on any atom is 0.409 e. The van der Waals surface area contributed by atoms with E-state index >= 15 is 0 Å². The normalized spacial score (nSPS) is 10.2. The average molecular weight is 405 g/mol. The molecule has 8 nitrogen and oxygen atoms in total. The van der Waals surface area contributed by atoms with Crippen LogP contribution >= 0.6 is 0 Å². The lowest BCUT2D eigenvalue weighted by molar-refractivity contribution is -0.115. The Labute approximate surface area is 172 Å². The molecular formula is C22H19N3O5. The molecule has 0 spiro atoms. The maximum atomic E-state index is 12.6. The number of carbonyl (C=O) groups is 3. The highest BCUT2D eigenvalue weighted by molar-refractivity contribution is 6.12. The van der Waals surface area contributed by atoms with Gasteiger partial charge in [-0.15, -0.1) is 0 Å². The minimum absolute atomic E-state index is 0.170. The molecule has 0 unspecified atom stereocenters. The first-order chi connectivity index (χ1) is 14.5.